The number of amides is 2. The molecule has 0 aromatic heterocycles. The predicted octanol–water partition coefficient (Wildman–Crippen LogP) is 4.84. The van der Waals surface area contributed by atoms with Gasteiger partial charge in [-0.1, -0.05) is 54.4 Å². The number of carbonyl (C=O) groups excluding carboxylic acids is 2. The summed E-state index contributed by atoms with van der Waals surface area (Å²) in [5.74, 6) is -1.42. The van der Waals surface area contributed by atoms with E-state index in [0.29, 0.717) is 16.1 Å². The quantitative estimate of drug-likeness (QED) is 0.385. The number of benzene rings is 3. The Balaban J connectivity index is 2.10. The molecular formula is C28H31ClFN3O4S. The van der Waals surface area contributed by atoms with Crippen LogP contribution in [-0.4, -0.2) is 44.8 Å². The third-order valence-electron chi connectivity index (χ3n) is 6.29. The van der Waals surface area contributed by atoms with Gasteiger partial charge in [0.25, 0.3) is 10.0 Å². The number of hydrogen-bond donors (Lipinski definition) is 1. The number of hydrogen-bond acceptors (Lipinski definition) is 4. The molecule has 0 fully saturated rings. The second-order valence-corrected chi connectivity index (χ2v) is 11.2. The highest BCUT2D eigenvalue weighted by Gasteiger charge is 2.34. The van der Waals surface area contributed by atoms with E-state index in [9.17, 15) is 22.4 Å². The summed E-state index contributed by atoms with van der Waals surface area (Å²) in [6, 6.07) is 15.9. The van der Waals surface area contributed by atoms with Crippen LogP contribution in [0.15, 0.2) is 71.6 Å². The van der Waals surface area contributed by atoms with Crippen LogP contribution in [-0.2, 0) is 26.2 Å². The van der Waals surface area contributed by atoms with E-state index in [1.54, 1.807) is 44.2 Å². The zero-order chi connectivity index (χ0) is 28.0. The minimum Gasteiger partial charge on any atom is -0.357 e. The Hall–Kier alpha value is -3.43. The van der Waals surface area contributed by atoms with Gasteiger partial charge >= 0.3 is 0 Å². The summed E-state index contributed by atoms with van der Waals surface area (Å²) < 4.78 is 42.3. The molecule has 0 spiro atoms. The van der Waals surface area contributed by atoms with E-state index >= 15 is 0 Å². The molecule has 3 rings (SSSR count). The number of anilines is 1. The molecule has 2 amide bonds. The maximum atomic E-state index is 13.9. The van der Waals surface area contributed by atoms with Crippen molar-refractivity contribution in [1.82, 2.24) is 10.2 Å². The second-order valence-electron chi connectivity index (χ2n) is 8.90. The summed E-state index contributed by atoms with van der Waals surface area (Å²) in [4.78, 5) is 27.9. The van der Waals surface area contributed by atoms with Gasteiger partial charge in [0.15, 0.2) is 0 Å². The van der Waals surface area contributed by atoms with Gasteiger partial charge in [0.2, 0.25) is 11.8 Å². The molecule has 0 saturated heterocycles. The number of carbonyl (C=O) groups is 2. The standard InChI is InChI=1S/C28H31ClFN3O4S/c1-5-25(28(35)31-4)32(17-21-11-13-22(30)14-12-21)27(34)18-33(26-8-6-7-24(29)20(26)3)38(36,37)23-15-9-19(2)10-16-23/h6-16,25H,5,17-18H2,1-4H3,(H,31,35)/t25-/m0/s1. The summed E-state index contributed by atoms with van der Waals surface area (Å²) in [5, 5.41) is 2.91. The molecule has 1 N–H and O–H groups in total. The molecule has 7 nitrogen and oxygen atoms in total. The fourth-order valence-electron chi connectivity index (χ4n) is 4.09. The van der Waals surface area contributed by atoms with Crippen LogP contribution in [0.5, 0.6) is 0 Å². The fraction of sp³-hybridized carbons (Fsp3) is 0.286. The summed E-state index contributed by atoms with van der Waals surface area (Å²) in [6.45, 7) is 4.68. The molecule has 0 saturated carbocycles. The van der Waals surface area contributed by atoms with Crippen molar-refractivity contribution < 1.29 is 22.4 Å². The Morgan fingerprint density at radius 1 is 1.00 bits per heavy atom. The average Bonchev–Trinajstić information content (AvgIpc) is 2.90. The van der Waals surface area contributed by atoms with Crippen LogP contribution < -0.4 is 9.62 Å². The molecule has 38 heavy (non-hydrogen) atoms. The minimum atomic E-state index is -4.20. The lowest BCUT2D eigenvalue weighted by Gasteiger charge is -2.33. The van der Waals surface area contributed by atoms with E-state index in [2.05, 4.69) is 5.32 Å². The lowest BCUT2D eigenvalue weighted by molar-refractivity contribution is -0.140. The normalized spacial score (nSPS) is 12.1. The van der Waals surface area contributed by atoms with E-state index < -0.39 is 40.2 Å². The Bertz CT molecular complexity index is 1400. The maximum Gasteiger partial charge on any atom is 0.264 e. The molecular weight excluding hydrogens is 529 g/mol. The largest absolute Gasteiger partial charge is 0.357 e. The van der Waals surface area contributed by atoms with Gasteiger partial charge in [-0.25, -0.2) is 12.8 Å². The number of aryl methyl sites for hydroxylation is 1. The van der Waals surface area contributed by atoms with Gasteiger partial charge in [0.05, 0.1) is 10.6 Å². The molecule has 0 aliphatic heterocycles. The van der Waals surface area contributed by atoms with Gasteiger partial charge < -0.3 is 10.2 Å². The predicted molar refractivity (Wildman–Crippen MR) is 147 cm³/mol. The highest BCUT2D eigenvalue weighted by Crippen LogP contribution is 2.31. The molecule has 0 aliphatic rings. The SMILES string of the molecule is CC[C@@H](C(=O)NC)N(Cc1ccc(F)cc1)C(=O)CN(c1cccc(Cl)c1C)S(=O)(=O)c1ccc(C)cc1. The zero-order valence-electron chi connectivity index (χ0n) is 21.7. The van der Waals surface area contributed by atoms with E-state index in [0.717, 1.165) is 9.87 Å². The Labute approximate surface area is 228 Å². The number of nitrogens with zero attached hydrogens (tertiary/aromatic N) is 2. The van der Waals surface area contributed by atoms with Crippen LogP contribution in [0.2, 0.25) is 5.02 Å². The van der Waals surface area contributed by atoms with E-state index in [-0.39, 0.29) is 23.5 Å². The summed E-state index contributed by atoms with van der Waals surface area (Å²) >= 11 is 6.33. The van der Waals surface area contributed by atoms with E-state index in [1.165, 1.54) is 48.3 Å². The second kappa shape index (κ2) is 12.4. The van der Waals surface area contributed by atoms with E-state index in [4.69, 9.17) is 11.6 Å². The van der Waals surface area contributed by atoms with Gasteiger partial charge in [0, 0.05) is 18.6 Å². The maximum absolute atomic E-state index is 13.9. The van der Waals surface area contributed by atoms with Crippen molar-refractivity contribution in [1.29, 1.82) is 0 Å². The molecule has 0 radical (unpaired) electrons. The van der Waals surface area contributed by atoms with Crippen LogP contribution in [0, 0.1) is 19.7 Å². The zero-order valence-corrected chi connectivity index (χ0v) is 23.3. The van der Waals surface area contributed by atoms with Crippen LogP contribution in [0.25, 0.3) is 0 Å². The van der Waals surface area contributed by atoms with Gasteiger partial charge in [-0.2, -0.15) is 0 Å². The Morgan fingerprint density at radius 3 is 2.21 bits per heavy atom. The summed E-state index contributed by atoms with van der Waals surface area (Å²) in [7, 11) is -2.73. The van der Waals surface area contributed by atoms with Crippen molar-refractivity contribution in [3.63, 3.8) is 0 Å². The first kappa shape index (κ1) is 29.1. The molecule has 0 heterocycles. The minimum absolute atomic E-state index is 0.0127. The summed E-state index contributed by atoms with van der Waals surface area (Å²) in [5.41, 5.74) is 2.21. The average molecular weight is 560 g/mol. The van der Waals surface area contributed by atoms with E-state index in [1.807, 2.05) is 6.92 Å². The number of halogens is 2. The first-order valence-corrected chi connectivity index (χ1v) is 13.9. The van der Waals surface area contributed by atoms with Gasteiger partial charge in [0.1, 0.15) is 18.4 Å². The molecule has 3 aromatic carbocycles. The Kier molecular flexibility index (Phi) is 9.51. The third-order valence-corrected chi connectivity index (χ3v) is 8.48. The van der Waals surface area contributed by atoms with Crippen molar-refractivity contribution in [2.75, 3.05) is 17.9 Å². The third kappa shape index (κ3) is 6.52. The lowest BCUT2D eigenvalue weighted by Crippen LogP contribution is -2.51. The monoisotopic (exact) mass is 559 g/mol. The fourth-order valence-corrected chi connectivity index (χ4v) is 5.73. The smallest absolute Gasteiger partial charge is 0.264 e. The van der Waals surface area contributed by atoms with Crippen LogP contribution in [0.1, 0.15) is 30.0 Å². The van der Waals surface area contributed by atoms with Crippen molar-refractivity contribution >= 4 is 39.1 Å². The first-order chi connectivity index (χ1) is 18.0. The van der Waals surface area contributed by atoms with Crippen LogP contribution in [0.4, 0.5) is 10.1 Å². The molecule has 0 aliphatic carbocycles. The van der Waals surface area contributed by atoms with Gasteiger partial charge in [-0.05, 0) is 67.8 Å². The van der Waals surface area contributed by atoms with Crippen molar-refractivity contribution in [3.05, 3.63) is 94.3 Å². The molecule has 1 atom stereocenters. The highest BCUT2D eigenvalue weighted by molar-refractivity contribution is 7.92. The number of rotatable bonds is 10. The first-order valence-electron chi connectivity index (χ1n) is 12.1. The number of nitrogens with one attached hydrogen (secondary N) is 1. The lowest BCUT2D eigenvalue weighted by atomic mass is 10.1. The van der Waals surface area contributed by atoms with Crippen LogP contribution in [0.3, 0.4) is 0 Å². The van der Waals surface area contributed by atoms with Gasteiger partial charge in [-0.3, -0.25) is 13.9 Å². The number of likely N-dealkylation sites (N-methyl/N-ethyl adjacent to an activating group) is 1. The van der Waals surface area contributed by atoms with Crippen molar-refractivity contribution in [3.8, 4) is 0 Å². The molecule has 3 aromatic rings. The number of sulfonamides is 1. The van der Waals surface area contributed by atoms with Crippen molar-refractivity contribution in [2.24, 2.45) is 0 Å². The van der Waals surface area contributed by atoms with Crippen molar-refractivity contribution in [2.45, 2.75) is 44.7 Å². The summed E-state index contributed by atoms with van der Waals surface area (Å²) in [6.07, 6.45) is 0.285. The topological polar surface area (TPSA) is 86.8 Å². The molecule has 0 bridgehead atoms. The molecule has 10 heteroatoms. The molecule has 0 unspecified atom stereocenters. The highest BCUT2D eigenvalue weighted by atomic mass is 35.5. The van der Waals surface area contributed by atoms with Gasteiger partial charge in [-0.15, -0.1) is 0 Å². The Morgan fingerprint density at radius 2 is 1.63 bits per heavy atom. The van der Waals surface area contributed by atoms with Crippen LogP contribution >= 0.6 is 11.6 Å². The molecule has 202 valence electrons.